The van der Waals surface area contributed by atoms with Crippen LogP contribution in [0.25, 0.3) is 0 Å². The highest BCUT2D eigenvalue weighted by atomic mass is 31.2. The van der Waals surface area contributed by atoms with Crippen molar-refractivity contribution in [2.24, 2.45) is 0 Å². The van der Waals surface area contributed by atoms with Crippen LogP contribution in [0.15, 0.2) is 109 Å². The van der Waals surface area contributed by atoms with Crippen LogP contribution < -0.4 is 18.1 Å². The Morgan fingerprint density at radius 1 is 0.457 bits per heavy atom. The van der Waals surface area contributed by atoms with E-state index >= 15 is 0 Å². The molecular weight excluding hydrogens is 482 g/mol. The minimum atomic E-state index is -2.09. The van der Waals surface area contributed by atoms with Crippen LogP contribution in [0.1, 0.15) is 25.0 Å². The maximum absolute atomic E-state index is 10.1. The summed E-state index contributed by atoms with van der Waals surface area (Å²) in [5.41, 5.74) is 1.84. The molecule has 0 aliphatic rings. The van der Waals surface area contributed by atoms with E-state index in [4.69, 9.17) is 18.1 Å². The van der Waals surface area contributed by atoms with Gasteiger partial charge in [0, 0.05) is 5.41 Å². The Morgan fingerprint density at radius 2 is 0.743 bits per heavy atom. The predicted octanol–water partition coefficient (Wildman–Crippen LogP) is 7.37. The fourth-order valence-corrected chi connectivity index (χ4v) is 4.68. The summed E-state index contributed by atoms with van der Waals surface area (Å²) >= 11 is 0. The van der Waals surface area contributed by atoms with Crippen LogP contribution in [-0.2, 0) is 5.41 Å². The molecule has 0 bridgehead atoms. The van der Waals surface area contributed by atoms with Gasteiger partial charge in [-0.15, -0.1) is 0 Å². The van der Waals surface area contributed by atoms with Gasteiger partial charge in [-0.3, -0.25) is 0 Å². The molecule has 2 unspecified atom stereocenters. The first-order valence-corrected chi connectivity index (χ1v) is 13.2. The normalized spacial score (nSPS) is 12.9. The topological polar surface area (TPSA) is 77.4 Å². The Kier molecular flexibility index (Phi) is 8.22. The van der Waals surface area contributed by atoms with Crippen LogP contribution in [0.5, 0.6) is 23.0 Å². The van der Waals surface area contributed by atoms with Crippen molar-refractivity contribution in [1.82, 2.24) is 0 Å². The Balaban J connectivity index is 1.36. The summed E-state index contributed by atoms with van der Waals surface area (Å²) in [7, 11) is -4.17. The highest BCUT2D eigenvalue weighted by molar-refractivity contribution is 7.41. The highest BCUT2D eigenvalue weighted by Gasteiger charge is 2.24. The molecule has 6 nitrogen and oxygen atoms in total. The van der Waals surface area contributed by atoms with E-state index in [1.54, 1.807) is 24.3 Å². The van der Waals surface area contributed by atoms with Gasteiger partial charge in [0.1, 0.15) is 23.0 Å². The van der Waals surface area contributed by atoms with Gasteiger partial charge in [0.15, 0.2) is 0 Å². The van der Waals surface area contributed by atoms with Crippen molar-refractivity contribution in [3.63, 3.8) is 0 Å². The Hall–Kier alpha value is -3.14. The average molecular weight is 508 g/mol. The summed E-state index contributed by atoms with van der Waals surface area (Å²) in [6.07, 6.45) is 0. The third kappa shape index (κ3) is 6.94. The van der Waals surface area contributed by atoms with Gasteiger partial charge in [-0.25, -0.2) is 0 Å². The summed E-state index contributed by atoms with van der Waals surface area (Å²) in [5, 5.41) is 0. The minimum Gasteiger partial charge on any atom is -0.418 e. The molecule has 0 fully saturated rings. The molecule has 180 valence electrons. The molecule has 0 radical (unpaired) electrons. The predicted molar refractivity (Wildman–Crippen MR) is 139 cm³/mol. The average Bonchev–Trinajstić information content (AvgIpc) is 2.86. The van der Waals surface area contributed by atoms with E-state index in [0.29, 0.717) is 23.0 Å². The summed E-state index contributed by atoms with van der Waals surface area (Å²) < 4.78 is 21.9. The SMILES string of the molecule is CC(C)(c1ccc(OP(O)Oc2ccccc2)cc1)c1ccc(OP(O)Oc2ccccc2)cc1. The minimum absolute atomic E-state index is 0.300. The molecule has 4 aromatic carbocycles. The molecule has 0 saturated heterocycles. The van der Waals surface area contributed by atoms with Crippen LogP contribution in [0.3, 0.4) is 0 Å². The molecule has 0 aliphatic carbocycles. The van der Waals surface area contributed by atoms with Crippen molar-refractivity contribution < 1.29 is 27.9 Å². The summed E-state index contributed by atoms with van der Waals surface area (Å²) in [6.45, 7) is 4.24. The number of hydrogen-bond donors (Lipinski definition) is 2. The molecule has 35 heavy (non-hydrogen) atoms. The maximum Gasteiger partial charge on any atom is 0.460 e. The van der Waals surface area contributed by atoms with Gasteiger partial charge >= 0.3 is 17.2 Å². The lowest BCUT2D eigenvalue weighted by Crippen LogP contribution is -2.18. The van der Waals surface area contributed by atoms with Gasteiger partial charge < -0.3 is 27.9 Å². The van der Waals surface area contributed by atoms with Crippen LogP contribution in [0.2, 0.25) is 0 Å². The van der Waals surface area contributed by atoms with E-state index < -0.39 is 17.2 Å². The van der Waals surface area contributed by atoms with Gasteiger partial charge in [0.2, 0.25) is 0 Å². The Labute approximate surface area is 207 Å². The Bertz CT molecular complexity index is 1090. The molecule has 0 aliphatic heterocycles. The van der Waals surface area contributed by atoms with Gasteiger partial charge in [-0.2, -0.15) is 0 Å². The second-order valence-corrected chi connectivity index (χ2v) is 9.82. The summed E-state index contributed by atoms with van der Waals surface area (Å²) in [5.74, 6) is 2.14. The van der Waals surface area contributed by atoms with Crippen LogP contribution >= 0.6 is 17.2 Å². The second kappa shape index (κ2) is 11.5. The van der Waals surface area contributed by atoms with E-state index in [1.165, 1.54) is 0 Å². The molecule has 8 heteroatoms. The zero-order valence-electron chi connectivity index (χ0n) is 19.3. The molecular formula is C27H26O6P2. The van der Waals surface area contributed by atoms with Crippen molar-refractivity contribution in [1.29, 1.82) is 0 Å². The van der Waals surface area contributed by atoms with E-state index in [9.17, 15) is 9.79 Å². The Morgan fingerprint density at radius 3 is 1.06 bits per heavy atom. The summed E-state index contributed by atoms with van der Waals surface area (Å²) in [4.78, 5) is 20.2. The quantitative estimate of drug-likeness (QED) is 0.218. The van der Waals surface area contributed by atoms with Gasteiger partial charge in [0.25, 0.3) is 0 Å². The number of para-hydroxylation sites is 2. The molecule has 4 aromatic rings. The second-order valence-electron chi connectivity index (χ2n) is 8.14. The first kappa shape index (κ1) is 25.0. The smallest absolute Gasteiger partial charge is 0.418 e. The molecule has 0 aromatic heterocycles. The van der Waals surface area contributed by atoms with E-state index in [2.05, 4.69) is 13.8 Å². The molecule has 0 amide bonds. The molecule has 2 N–H and O–H groups in total. The lowest BCUT2D eigenvalue weighted by molar-refractivity contribution is 0.380. The first-order chi connectivity index (χ1) is 16.9. The van der Waals surface area contributed by atoms with Crippen molar-refractivity contribution in [3.05, 3.63) is 120 Å². The maximum atomic E-state index is 10.1. The zero-order chi connectivity index (χ0) is 24.7. The monoisotopic (exact) mass is 508 g/mol. The van der Waals surface area contributed by atoms with Crippen LogP contribution in [0.4, 0.5) is 0 Å². The first-order valence-electron chi connectivity index (χ1n) is 10.9. The van der Waals surface area contributed by atoms with Crippen LogP contribution in [-0.4, -0.2) is 9.79 Å². The van der Waals surface area contributed by atoms with Crippen LogP contribution in [0, 0.1) is 0 Å². The third-order valence-electron chi connectivity index (χ3n) is 5.37. The lowest BCUT2D eigenvalue weighted by Gasteiger charge is -2.26. The fourth-order valence-electron chi connectivity index (χ4n) is 3.39. The van der Waals surface area contributed by atoms with Gasteiger partial charge in [-0.1, -0.05) is 74.5 Å². The number of hydrogen-bond acceptors (Lipinski definition) is 6. The lowest BCUT2D eigenvalue weighted by atomic mass is 9.78. The zero-order valence-corrected chi connectivity index (χ0v) is 21.1. The number of benzene rings is 4. The fraction of sp³-hybridized carbons (Fsp3) is 0.111. The van der Waals surface area contributed by atoms with Crippen molar-refractivity contribution >= 4 is 17.2 Å². The van der Waals surface area contributed by atoms with Crippen molar-refractivity contribution in [2.75, 3.05) is 0 Å². The molecule has 0 spiro atoms. The third-order valence-corrected chi connectivity index (χ3v) is 6.84. The molecule has 4 rings (SSSR count). The summed E-state index contributed by atoms with van der Waals surface area (Å²) in [6, 6.07) is 33.2. The van der Waals surface area contributed by atoms with Gasteiger partial charge in [0.05, 0.1) is 0 Å². The molecule has 0 saturated carbocycles. The standard InChI is InChI=1S/C27H26O6P2/c1-27(2,21-13-17-25(18-14-21)32-34(28)30-23-9-5-3-6-10-23)22-15-19-26(20-16-22)33-35(29)31-24-11-7-4-8-12-24/h3-20,28-29H,1-2H3. The number of rotatable bonds is 10. The van der Waals surface area contributed by atoms with E-state index in [1.807, 2.05) is 84.9 Å². The van der Waals surface area contributed by atoms with Crippen molar-refractivity contribution in [2.45, 2.75) is 19.3 Å². The largest absolute Gasteiger partial charge is 0.460 e. The highest BCUT2D eigenvalue weighted by Crippen LogP contribution is 2.40. The van der Waals surface area contributed by atoms with Gasteiger partial charge in [-0.05, 0) is 59.7 Å². The van der Waals surface area contributed by atoms with Crippen molar-refractivity contribution in [3.8, 4) is 23.0 Å². The molecule has 0 heterocycles. The van der Waals surface area contributed by atoms with E-state index in [0.717, 1.165) is 11.1 Å². The molecule has 2 atom stereocenters. The van der Waals surface area contributed by atoms with E-state index in [-0.39, 0.29) is 5.41 Å².